The van der Waals surface area contributed by atoms with Crippen molar-refractivity contribution in [3.8, 4) is 0 Å². The molecule has 3 nitrogen and oxygen atoms in total. The van der Waals surface area contributed by atoms with Gasteiger partial charge in [0.1, 0.15) is 11.4 Å². The van der Waals surface area contributed by atoms with Crippen molar-refractivity contribution in [3.05, 3.63) is 30.1 Å². The van der Waals surface area contributed by atoms with Gasteiger partial charge in [-0.3, -0.25) is 4.79 Å². The smallest absolute Gasteiger partial charge is 0.242 e. The van der Waals surface area contributed by atoms with Gasteiger partial charge in [0.05, 0.1) is 0 Å². The largest absolute Gasteiger partial charge is 0.371 e. The number of hydrogen-bond acceptors (Lipinski definition) is 2. The van der Waals surface area contributed by atoms with Crippen LogP contribution in [0.5, 0.6) is 0 Å². The molecule has 3 N–H and O–H groups in total. The van der Waals surface area contributed by atoms with E-state index in [4.69, 9.17) is 5.73 Å². The number of benzene rings is 1. The fourth-order valence-corrected chi connectivity index (χ4v) is 1.63. The van der Waals surface area contributed by atoms with Gasteiger partial charge in [0, 0.05) is 5.69 Å². The summed E-state index contributed by atoms with van der Waals surface area (Å²) in [4.78, 5) is 11.4. The van der Waals surface area contributed by atoms with Gasteiger partial charge in [0.15, 0.2) is 0 Å². The molecule has 0 fully saturated rings. The normalized spacial score (nSPS) is 14.2. The maximum absolute atomic E-state index is 13.0. The molecule has 1 aromatic rings. The van der Waals surface area contributed by atoms with Gasteiger partial charge in [0.25, 0.3) is 0 Å². The Morgan fingerprint density at radius 1 is 1.56 bits per heavy atom. The third kappa shape index (κ3) is 2.95. The number of carbonyl (C=O) groups is 1. The summed E-state index contributed by atoms with van der Waals surface area (Å²) in [6.45, 7) is 3.69. The van der Waals surface area contributed by atoms with E-state index in [-0.39, 0.29) is 5.82 Å². The molecule has 16 heavy (non-hydrogen) atoms. The van der Waals surface area contributed by atoms with Crippen LogP contribution in [-0.4, -0.2) is 11.4 Å². The average molecular weight is 224 g/mol. The van der Waals surface area contributed by atoms with Crippen LogP contribution in [-0.2, 0) is 4.79 Å². The van der Waals surface area contributed by atoms with Gasteiger partial charge in [0.2, 0.25) is 5.91 Å². The Kier molecular flexibility index (Phi) is 3.88. The first kappa shape index (κ1) is 12.5. The predicted molar refractivity (Wildman–Crippen MR) is 62.5 cm³/mol. The topological polar surface area (TPSA) is 55.1 Å². The molecule has 0 aliphatic carbocycles. The minimum atomic E-state index is -0.831. The van der Waals surface area contributed by atoms with Crippen LogP contribution in [0.25, 0.3) is 0 Å². The van der Waals surface area contributed by atoms with Crippen molar-refractivity contribution in [1.82, 2.24) is 0 Å². The Balaban J connectivity index is 2.87. The molecule has 0 saturated carbocycles. The van der Waals surface area contributed by atoms with Crippen molar-refractivity contribution < 1.29 is 9.18 Å². The molecule has 4 heteroatoms. The minimum Gasteiger partial charge on any atom is -0.371 e. The Bertz CT molecular complexity index is 381. The lowest BCUT2D eigenvalue weighted by Crippen LogP contribution is -2.47. The number of rotatable bonds is 5. The van der Waals surface area contributed by atoms with E-state index in [1.807, 2.05) is 6.92 Å². The zero-order valence-electron chi connectivity index (χ0n) is 9.59. The number of nitrogens with two attached hydrogens (primary N) is 1. The molecular weight excluding hydrogens is 207 g/mol. The second-order valence-corrected chi connectivity index (χ2v) is 4.08. The highest BCUT2D eigenvalue weighted by Gasteiger charge is 2.29. The highest BCUT2D eigenvalue weighted by atomic mass is 19.1. The van der Waals surface area contributed by atoms with Crippen LogP contribution >= 0.6 is 0 Å². The minimum absolute atomic E-state index is 0.340. The van der Waals surface area contributed by atoms with E-state index >= 15 is 0 Å². The Morgan fingerprint density at radius 3 is 2.75 bits per heavy atom. The summed E-state index contributed by atoms with van der Waals surface area (Å²) < 4.78 is 13.0. The summed E-state index contributed by atoms with van der Waals surface area (Å²) in [7, 11) is 0. The van der Waals surface area contributed by atoms with Crippen LogP contribution in [0, 0.1) is 5.82 Å². The third-order valence-corrected chi connectivity index (χ3v) is 2.54. The van der Waals surface area contributed by atoms with Crippen molar-refractivity contribution in [2.24, 2.45) is 5.73 Å². The van der Waals surface area contributed by atoms with Crippen molar-refractivity contribution in [3.63, 3.8) is 0 Å². The van der Waals surface area contributed by atoms with Crippen LogP contribution in [0.15, 0.2) is 24.3 Å². The van der Waals surface area contributed by atoms with Gasteiger partial charge < -0.3 is 11.1 Å². The molecule has 0 aromatic heterocycles. The monoisotopic (exact) mass is 224 g/mol. The fraction of sp³-hybridized carbons (Fsp3) is 0.417. The molecule has 1 rings (SSSR count). The van der Waals surface area contributed by atoms with Crippen molar-refractivity contribution >= 4 is 11.6 Å². The van der Waals surface area contributed by atoms with Crippen LogP contribution in [0.2, 0.25) is 0 Å². The fourth-order valence-electron chi connectivity index (χ4n) is 1.63. The average Bonchev–Trinajstić information content (AvgIpc) is 2.17. The van der Waals surface area contributed by atoms with Crippen molar-refractivity contribution in [2.45, 2.75) is 32.2 Å². The van der Waals surface area contributed by atoms with Gasteiger partial charge in [-0.2, -0.15) is 0 Å². The first-order chi connectivity index (χ1) is 7.48. The van der Waals surface area contributed by atoms with Gasteiger partial charge in [-0.25, -0.2) is 4.39 Å². The maximum Gasteiger partial charge on any atom is 0.242 e. The molecule has 0 saturated heterocycles. The quantitative estimate of drug-likeness (QED) is 0.806. The number of amides is 1. The lowest BCUT2D eigenvalue weighted by molar-refractivity contribution is -0.122. The summed E-state index contributed by atoms with van der Waals surface area (Å²) in [5, 5.41) is 2.98. The molecule has 1 unspecified atom stereocenters. The van der Waals surface area contributed by atoms with E-state index in [0.29, 0.717) is 12.1 Å². The second kappa shape index (κ2) is 4.96. The first-order valence-corrected chi connectivity index (χ1v) is 5.31. The summed E-state index contributed by atoms with van der Waals surface area (Å²) in [6.07, 6.45) is 1.43. The van der Waals surface area contributed by atoms with Crippen LogP contribution < -0.4 is 11.1 Å². The van der Waals surface area contributed by atoms with E-state index in [9.17, 15) is 9.18 Å². The molecule has 88 valence electrons. The predicted octanol–water partition coefficient (Wildman–Crippen LogP) is 2.28. The number of anilines is 1. The number of carbonyl (C=O) groups excluding carboxylic acids is 1. The molecule has 0 heterocycles. The summed E-state index contributed by atoms with van der Waals surface area (Å²) in [6, 6.07) is 5.99. The summed E-state index contributed by atoms with van der Waals surface area (Å²) >= 11 is 0. The van der Waals surface area contributed by atoms with Crippen LogP contribution in [0.1, 0.15) is 26.7 Å². The van der Waals surface area contributed by atoms with Gasteiger partial charge >= 0.3 is 0 Å². The first-order valence-electron chi connectivity index (χ1n) is 5.31. The molecule has 0 aliphatic rings. The molecule has 0 spiro atoms. The SMILES string of the molecule is CCCC(C)(Nc1cccc(F)c1)C(N)=O. The number of halogens is 1. The lowest BCUT2D eigenvalue weighted by Gasteiger charge is -2.28. The molecular formula is C12H17FN2O. The van der Waals surface area contributed by atoms with Gasteiger partial charge in [-0.1, -0.05) is 19.4 Å². The molecule has 1 aromatic carbocycles. The van der Waals surface area contributed by atoms with Gasteiger partial charge in [-0.15, -0.1) is 0 Å². The van der Waals surface area contributed by atoms with E-state index < -0.39 is 11.4 Å². The van der Waals surface area contributed by atoms with E-state index in [1.54, 1.807) is 19.1 Å². The van der Waals surface area contributed by atoms with Crippen molar-refractivity contribution in [2.75, 3.05) is 5.32 Å². The van der Waals surface area contributed by atoms with E-state index in [2.05, 4.69) is 5.32 Å². The molecule has 1 amide bonds. The zero-order valence-corrected chi connectivity index (χ0v) is 9.59. The number of primary amides is 1. The number of nitrogens with one attached hydrogen (secondary N) is 1. The van der Waals surface area contributed by atoms with E-state index in [0.717, 1.165) is 6.42 Å². The third-order valence-electron chi connectivity index (χ3n) is 2.54. The molecule has 0 bridgehead atoms. The van der Waals surface area contributed by atoms with E-state index in [1.165, 1.54) is 12.1 Å². The lowest BCUT2D eigenvalue weighted by atomic mass is 9.95. The maximum atomic E-state index is 13.0. The Labute approximate surface area is 94.8 Å². The van der Waals surface area contributed by atoms with Crippen LogP contribution in [0.4, 0.5) is 10.1 Å². The standard InChI is InChI=1S/C12H17FN2O/c1-3-7-12(2,11(14)16)15-10-6-4-5-9(13)8-10/h4-6,8,15H,3,7H2,1-2H3,(H2,14,16). The Morgan fingerprint density at radius 2 is 2.25 bits per heavy atom. The highest BCUT2D eigenvalue weighted by Crippen LogP contribution is 2.20. The molecule has 1 atom stereocenters. The van der Waals surface area contributed by atoms with Gasteiger partial charge in [-0.05, 0) is 31.5 Å². The molecule has 0 aliphatic heterocycles. The van der Waals surface area contributed by atoms with Crippen LogP contribution in [0.3, 0.4) is 0 Å². The summed E-state index contributed by atoms with van der Waals surface area (Å²) in [5.41, 5.74) is 5.08. The van der Waals surface area contributed by atoms with Crippen molar-refractivity contribution in [1.29, 1.82) is 0 Å². The second-order valence-electron chi connectivity index (χ2n) is 4.08. The number of hydrogen-bond donors (Lipinski definition) is 2. The highest BCUT2D eigenvalue weighted by molar-refractivity contribution is 5.87. The summed E-state index contributed by atoms with van der Waals surface area (Å²) in [5.74, 6) is -0.771. The molecule has 0 radical (unpaired) electrons. The zero-order chi connectivity index (χ0) is 12.2. The Hall–Kier alpha value is -1.58.